The number of ether oxygens (including phenoxy) is 2. The average molecular weight is 695 g/mol. The topological polar surface area (TPSA) is 134 Å². The normalized spacial score (nSPS) is 13.6. The molecule has 9 nitrogen and oxygen atoms in total. The van der Waals surface area contributed by atoms with Crippen molar-refractivity contribution in [1.82, 2.24) is 10.6 Å². The van der Waals surface area contributed by atoms with Crippen molar-refractivity contribution in [2.45, 2.75) is 91.9 Å². The first-order chi connectivity index (χ1) is 24.0. The van der Waals surface area contributed by atoms with Crippen LogP contribution < -0.4 is 20.1 Å². The van der Waals surface area contributed by atoms with Gasteiger partial charge in [0.15, 0.2) is 0 Å². The number of benzene rings is 2. The Balaban J connectivity index is 0.000000376. The minimum absolute atomic E-state index is 0.212. The number of carbonyl (C=O) groups is 3. The van der Waals surface area contributed by atoms with Crippen molar-refractivity contribution in [3.63, 3.8) is 0 Å². The molecule has 0 spiro atoms. The highest BCUT2D eigenvalue weighted by Gasteiger charge is 2.20. The molecule has 0 radical (unpaired) electrons. The van der Waals surface area contributed by atoms with Gasteiger partial charge in [0, 0.05) is 12.5 Å². The molecule has 1 aliphatic rings. The van der Waals surface area contributed by atoms with Crippen LogP contribution in [0.15, 0.2) is 73.3 Å². The first-order valence-corrected chi connectivity index (χ1v) is 18.2. The quantitative estimate of drug-likeness (QED) is 0.0798. The summed E-state index contributed by atoms with van der Waals surface area (Å²) in [6, 6.07) is 13.3. The highest BCUT2D eigenvalue weighted by molar-refractivity contribution is 5.88. The van der Waals surface area contributed by atoms with Crippen LogP contribution in [0.2, 0.25) is 0 Å². The van der Waals surface area contributed by atoms with E-state index in [4.69, 9.17) is 19.7 Å². The molecule has 2 atom stereocenters. The average Bonchev–Trinajstić information content (AvgIpc) is 3.14. The van der Waals surface area contributed by atoms with Crippen LogP contribution in [-0.2, 0) is 4.79 Å². The first kappa shape index (κ1) is 43.9. The maximum absolute atomic E-state index is 11.7. The Bertz CT molecular complexity index is 1290. The van der Waals surface area contributed by atoms with Gasteiger partial charge in [-0.2, -0.15) is 0 Å². The molecule has 0 aliphatic carbocycles. The summed E-state index contributed by atoms with van der Waals surface area (Å²) in [5.41, 5.74) is 1.58. The zero-order valence-electron chi connectivity index (χ0n) is 30.9. The molecule has 3 rings (SSSR count). The van der Waals surface area contributed by atoms with E-state index in [1.165, 1.54) is 19.3 Å². The van der Waals surface area contributed by atoms with Gasteiger partial charge in [0.1, 0.15) is 11.5 Å². The third-order valence-electron chi connectivity index (χ3n) is 8.74. The Kier molecular flexibility index (Phi) is 23.5. The number of amides is 1. The number of piperidine rings is 1. The fourth-order valence-corrected chi connectivity index (χ4v) is 4.99. The van der Waals surface area contributed by atoms with Gasteiger partial charge in [-0.15, -0.1) is 0 Å². The van der Waals surface area contributed by atoms with Gasteiger partial charge >= 0.3 is 11.9 Å². The van der Waals surface area contributed by atoms with Crippen LogP contribution in [0.4, 0.5) is 0 Å². The van der Waals surface area contributed by atoms with E-state index in [-0.39, 0.29) is 23.0 Å². The molecule has 9 heteroatoms. The van der Waals surface area contributed by atoms with E-state index in [9.17, 15) is 14.4 Å². The van der Waals surface area contributed by atoms with Crippen molar-refractivity contribution in [3.05, 3.63) is 84.5 Å². The second-order valence-corrected chi connectivity index (χ2v) is 12.8. The number of carboxylic acid groups (broad SMARTS) is 2. The summed E-state index contributed by atoms with van der Waals surface area (Å²) in [5.74, 6) is 1.05. The summed E-state index contributed by atoms with van der Waals surface area (Å²) in [5, 5.41) is 23.9. The Labute approximate surface area is 300 Å². The zero-order valence-corrected chi connectivity index (χ0v) is 30.9. The number of allylic oxidation sites excluding steroid dienone is 2. The number of hydrogen-bond donors (Lipinski definition) is 4. The molecule has 1 amide bonds. The predicted molar refractivity (Wildman–Crippen MR) is 202 cm³/mol. The summed E-state index contributed by atoms with van der Waals surface area (Å²) < 4.78 is 11.2. The van der Waals surface area contributed by atoms with Gasteiger partial charge in [0.05, 0.1) is 24.3 Å². The van der Waals surface area contributed by atoms with E-state index in [0.29, 0.717) is 36.5 Å². The number of rotatable bonds is 20. The van der Waals surface area contributed by atoms with Crippen molar-refractivity contribution < 1.29 is 34.1 Å². The van der Waals surface area contributed by atoms with Crippen LogP contribution in [0.3, 0.4) is 0 Å². The Hall–Kier alpha value is -4.11. The smallest absolute Gasteiger partial charge is 0.335 e. The summed E-state index contributed by atoms with van der Waals surface area (Å²) in [4.78, 5) is 33.3. The van der Waals surface area contributed by atoms with Gasteiger partial charge in [0.2, 0.25) is 5.91 Å². The molecule has 1 fully saturated rings. The number of aromatic carboxylic acids is 2. The van der Waals surface area contributed by atoms with Crippen molar-refractivity contribution in [2.24, 2.45) is 17.8 Å². The molecule has 2 aromatic rings. The lowest BCUT2D eigenvalue weighted by atomic mass is 9.97. The monoisotopic (exact) mass is 694 g/mol. The summed E-state index contributed by atoms with van der Waals surface area (Å²) in [6.07, 6.45) is 12.4. The maximum Gasteiger partial charge on any atom is 0.335 e. The summed E-state index contributed by atoms with van der Waals surface area (Å²) in [7, 11) is 0. The lowest BCUT2D eigenvalue weighted by Gasteiger charge is -2.21. The molecule has 0 saturated carbocycles. The molecule has 2 unspecified atom stereocenters. The first-order valence-electron chi connectivity index (χ1n) is 18.2. The Morgan fingerprint density at radius 1 is 0.920 bits per heavy atom. The van der Waals surface area contributed by atoms with E-state index < -0.39 is 11.9 Å². The molecule has 1 saturated heterocycles. The number of carbonyl (C=O) groups excluding carboxylic acids is 1. The standard InChI is InChI=1S/C15H22O3.C13H22N2O.C13H18O3/c1-3-5-7-12(4-2)11-18-14-9-6-8-13(10-14)15(16)17;1-3-11(2)5-4-8-15-13(16)12-6-9-14-10-7-12;1-3-10(2)7-8-16-12-6-4-5-11(9-12)13(14)15/h6,8-10,12H,3-5,7,11H2,1-2H3,(H,16,17);3,12,14H,1-2,4-10H2,(H,15,16);4-6,9-10H,3,7-8H2,1-2H3,(H,14,15). The third-order valence-corrected chi connectivity index (χ3v) is 8.74. The number of hydrogen-bond acceptors (Lipinski definition) is 6. The van der Waals surface area contributed by atoms with Gasteiger partial charge in [-0.25, -0.2) is 9.59 Å². The fourth-order valence-electron chi connectivity index (χ4n) is 4.99. The minimum Gasteiger partial charge on any atom is -0.494 e. The van der Waals surface area contributed by atoms with Gasteiger partial charge in [-0.1, -0.05) is 90.3 Å². The summed E-state index contributed by atoms with van der Waals surface area (Å²) >= 11 is 0. The highest BCUT2D eigenvalue weighted by Crippen LogP contribution is 2.18. The van der Waals surface area contributed by atoms with Gasteiger partial charge in [-0.05, 0) is 99.8 Å². The van der Waals surface area contributed by atoms with Crippen LogP contribution in [0.25, 0.3) is 0 Å². The van der Waals surface area contributed by atoms with Gasteiger partial charge in [0.25, 0.3) is 0 Å². The predicted octanol–water partition coefficient (Wildman–Crippen LogP) is 8.80. The second-order valence-electron chi connectivity index (χ2n) is 12.8. The number of nitrogens with one attached hydrogen (secondary N) is 2. The third kappa shape index (κ3) is 19.8. The van der Waals surface area contributed by atoms with Crippen LogP contribution >= 0.6 is 0 Å². The van der Waals surface area contributed by atoms with E-state index in [0.717, 1.165) is 70.2 Å². The van der Waals surface area contributed by atoms with Crippen molar-refractivity contribution in [1.29, 1.82) is 0 Å². The number of carboxylic acids is 2. The van der Waals surface area contributed by atoms with Crippen LogP contribution in [0.5, 0.6) is 11.5 Å². The highest BCUT2D eigenvalue weighted by atomic mass is 16.5. The molecule has 1 aliphatic heterocycles. The molecule has 2 aromatic carbocycles. The lowest BCUT2D eigenvalue weighted by molar-refractivity contribution is -0.125. The Morgan fingerprint density at radius 3 is 2.04 bits per heavy atom. The van der Waals surface area contributed by atoms with E-state index in [1.54, 1.807) is 54.6 Å². The molecule has 0 aromatic heterocycles. The molecular formula is C41H62N2O7. The van der Waals surface area contributed by atoms with E-state index in [1.807, 2.05) is 0 Å². The van der Waals surface area contributed by atoms with E-state index >= 15 is 0 Å². The minimum atomic E-state index is -0.924. The van der Waals surface area contributed by atoms with Gasteiger partial charge < -0.3 is 30.3 Å². The van der Waals surface area contributed by atoms with E-state index in [2.05, 4.69) is 51.5 Å². The fraction of sp³-hybridized carbons (Fsp3) is 0.537. The molecule has 0 bridgehead atoms. The van der Waals surface area contributed by atoms with Crippen molar-refractivity contribution in [3.8, 4) is 11.5 Å². The van der Waals surface area contributed by atoms with Crippen molar-refractivity contribution in [2.75, 3.05) is 32.8 Å². The molecule has 4 N–H and O–H groups in total. The lowest BCUT2D eigenvalue weighted by Crippen LogP contribution is -2.38. The SMILES string of the molecule is C=CC(=C)CCCNC(=O)C1CCNCC1.CCC(C)CCOc1cccc(C(=O)O)c1.CCCCC(CC)COc1cccc(C(=O)O)c1. The zero-order chi connectivity index (χ0) is 37.1. The second kappa shape index (κ2) is 26.7. The van der Waals surface area contributed by atoms with Crippen LogP contribution in [0.1, 0.15) is 113 Å². The molecule has 1 heterocycles. The molecule has 50 heavy (non-hydrogen) atoms. The number of unbranched alkanes of at least 4 members (excludes halogenated alkanes) is 1. The molecular weight excluding hydrogens is 632 g/mol. The van der Waals surface area contributed by atoms with Crippen LogP contribution in [-0.4, -0.2) is 60.9 Å². The largest absolute Gasteiger partial charge is 0.494 e. The van der Waals surface area contributed by atoms with Gasteiger partial charge in [-0.3, -0.25) is 4.79 Å². The summed E-state index contributed by atoms with van der Waals surface area (Å²) in [6.45, 7) is 20.1. The molecule has 278 valence electrons. The van der Waals surface area contributed by atoms with Crippen LogP contribution in [0, 0.1) is 17.8 Å². The van der Waals surface area contributed by atoms with Crippen molar-refractivity contribution >= 4 is 17.8 Å². The Morgan fingerprint density at radius 2 is 1.52 bits per heavy atom. The maximum atomic E-state index is 11.7.